The highest BCUT2D eigenvalue weighted by atomic mass is 16.2. The topological polar surface area (TPSA) is 45.2 Å². The quantitative estimate of drug-likeness (QED) is 0.906. The number of hydrogen-bond donors (Lipinski definition) is 1. The first-order valence-corrected chi connectivity index (χ1v) is 7.09. The zero-order chi connectivity index (χ0) is 13.8. The molecule has 2 heterocycles. The summed E-state index contributed by atoms with van der Waals surface area (Å²) in [5.41, 5.74) is 2.48. The van der Waals surface area contributed by atoms with E-state index in [2.05, 4.69) is 17.2 Å². The van der Waals surface area contributed by atoms with Crippen molar-refractivity contribution in [3.05, 3.63) is 23.5 Å². The molecule has 1 saturated heterocycles. The van der Waals surface area contributed by atoms with Crippen molar-refractivity contribution in [1.82, 2.24) is 9.88 Å². The molecule has 0 spiro atoms. The van der Waals surface area contributed by atoms with E-state index in [9.17, 15) is 4.79 Å². The Morgan fingerprint density at radius 3 is 3.05 bits per heavy atom. The van der Waals surface area contributed by atoms with Gasteiger partial charge in [-0.1, -0.05) is 13.3 Å². The molecule has 0 radical (unpaired) electrons. The number of aromatic nitrogens is 1. The van der Waals surface area contributed by atoms with Crippen LogP contribution in [0.15, 0.2) is 12.3 Å². The summed E-state index contributed by atoms with van der Waals surface area (Å²) in [5, 5.41) is 3.09. The number of amides is 1. The number of anilines is 1. The highest BCUT2D eigenvalue weighted by molar-refractivity contribution is 5.99. The van der Waals surface area contributed by atoms with E-state index in [1.54, 1.807) is 6.20 Å². The maximum absolute atomic E-state index is 12.5. The summed E-state index contributed by atoms with van der Waals surface area (Å²) in [6, 6.07) is 1.92. The highest BCUT2D eigenvalue weighted by Gasteiger charge is 2.27. The fourth-order valence-electron chi connectivity index (χ4n) is 2.77. The smallest absolute Gasteiger partial charge is 0.257 e. The number of likely N-dealkylation sites (tertiary alicyclic amines) is 1. The van der Waals surface area contributed by atoms with Crippen LogP contribution in [0, 0.1) is 12.8 Å². The number of pyridine rings is 1. The van der Waals surface area contributed by atoms with Crippen molar-refractivity contribution in [1.29, 1.82) is 0 Å². The molecule has 0 bridgehead atoms. The van der Waals surface area contributed by atoms with Gasteiger partial charge in [0.25, 0.3) is 5.91 Å². The van der Waals surface area contributed by atoms with Crippen LogP contribution in [0.5, 0.6) is 0 Å². The molecular formula is C15H23N3O. The minimum atomic E-state index is 0.107. The first kappa shape index (κ1) is 13.8. The Bertz CT molecular complexity index is 459. The Morgan fingerprint density at radius 2 is 2.37 bits per heavy atom. The van der Waals surface area contributed by atoms with Crippen molar-refractivity contribution in [3.8, 4) is 0 Å². The second-order valence-corrected chi connectivity index (χ2v) is 5.32. The van der Waals surface area contributed by atoms with Crippen molar-refractivity contribution in [2.75, 3.05) is 25.5 Å². The summed E-state index contributed by atoms with van der Waals surface area (Å²) in [6.07, 6.45) is 5.24. The van der Waals surface area contributed by atoms with Crippen molar-refractivity contribution in [3.63, 3.8) is 0 Å². The minimum Gasteiger partial charge on any atom is -0.387 e. The molecule has 19 heavy (non-hydrogen) atoms. The monoisotopic (exact) mass is 261 g/mol. The highest BCUT2D eigenvalue weighted by Crippen LogP contribution is 2.24. The summed E-state index contributed by atoms with van der Waals surface area (Å²) >= 11 is 0. The molecule has 1 atom stereocenters. The maximum Gasteiger partial charge on any atom is 0.257 e. The van der Waals surface area contributed by atoms with Gasteiger partial charge in [0.05, 0.1) is 11.3 Å². The number of rotatable bonds is 4. The van der Waals surface area contributed by atoms with E-state index in [-0.39, 0.29) is 5.91 Å². The van der Waals surface area contributed by atoms with Gasteiger partial charge >= 0.3 is 0 Å². The van der Waals surface area contributed by atoms with Crippen molar-refractivity contribution >= 4 is 11.6 Å². The van der Waals surface area contributed by atoms with Gasteiger partial charge in [-0.25, -0.2) is 0 Å². The van der Waals surface area contributed by atoms with Crippen LogP contribution >= 0.6 is 0 Å². The number of nitrogens with one attached hydrogen (secondary N) is 1. The Labute approximate surface area is 115 Å². The number of nitrogens with zero attached hydrogens (tertiary/aromatic N) is 2. The lowest BCUT2D eigenvalue weighted by Crippen LogP contribution is -2.29. The van der Waals surface area contributed by atoms with Crippen molar-refractivity contribution in [2.45, 2.75) is 33.1 Å². The number of aryl methyl sites for hydroxylation is 1. The largest absolute Gasteiger partial charge is 0.387 e. The van der Waals surface area contributed by atoms with Crippen LogP contribution in [-0.2, 0) is 0 Å². The third kappa shape index (κ3) is 3.06. The summed E-state index contributed by atoms with van der Waals surface area (Å²) in [5.74, 6) is 0.779. The molecule has 2 rings (SSSR count). The van der Waals surface area contributed by atoms with Crippen LogP contribution < -0.4 is 5.32 Å². The second-order valence-electron chi connectivity index (χ2n) is 5.32. The normalized spacial score (nSPS) is 18.7. The summed E-state index contributed by atoms with van der Waals surface area (Å²) in [7, 11) is 1.84. The van der Waals surface area contributed by atoms with Gasteiger partial charge in [-0.05, 0) is 31.7 Å². The molecule has 4 nitrogen and oxygen atoms in total. The molecule has 1 amide bonds. The van der Waals surface area contributed by atoms with E-state index >= 15 is 0 Å². The van der Waals surface area contributed by atoms with E-state index in [4.69, 9.17) is 0 Å². The lowest BCUT2D eigenvalue weighted by atomic mass is 10.0. The molecule has 1 unspecified atom stereocenters. The second kappa shape index (κ2) is 6.04. The molecule has 4 heteroatoms. The van der Waals surface area contributed by atoms with E-state index < -0.39 is 0 Å². The van der Waals surface area contributed by atoms with Gasteiger partial charge in [-0.3, -0.25) is 9.78 Å². The molecule has 1 N–H and O–H groups in total. The van der Waals surface area contributed by atoms with Crippen LogP contribution in [0.2, 0.25) is 0 Å². The summed E-state index contributed by atoms with van der Waals surface area (Å²) in [6.45, 7) is 5.90. The van der Waals surface area contributed by atoms with Crippen molar-refractivity contribution in [2.24, 2.45) is 5.92 Å². The van der Waals surface area contributed by atoms with Gasteiger partial charge in [-0.15, -0.1) is 0 Å². The molecular weight excluding hydrogens is 238 g/mol. The van der Waals surface area contributed by atoms with Gasteiger partial charge < -0.3 is 10.2 Å². The Morgan fingerprint density at radius 1 is 1.58 bits per heavy atom. The van der Waals surface area contributed by atoms with Gasteiger partial charge in [-0.2, -0.15) is 0 Å². The molecule has 1 aliphatic heterocycles. The Balaban J connectivity index is 2.12. The van der Waals surface area contributed by atoms with E-state index in [1.807, 2.05) is 24.9 Å². The number of carbonyl (C=O) groups excluding carboxylic acids is 1. The number of hydrogen-bond acceptors (Lipinski definition) is 3. The molecule has 1 aromatic heterocycles. The maximum atomic E-state index is 12.5. The Hall–Kier alpha value is -1.58. The lowest BCUT2D eigenvalue weighted by Gasteiger charge is -2.18. The van der Waals surface area contributed by atoms with E-state index in [0.29, 0.717) is 11.5 Å². The Kier molecular flexibility index (Phi) is 4.40. The molecule has 1 fully saturated rings. The molecule has 104 valence electrons. The van der Waals surface area contributed by atoms with Crippen LogP contribution in [0.1, 0.15) is 42.2 Å². The summed E-state index contributed by atoms with van der Waals surface area (Å²) < 4.78 is 0. The van der Waals surface area contributed by atoms with Gasteiger partial charge in [0.15, 0.2) is 0 Å². The lowest BCUT2D eigenvalue weighted by molar-refractivity contribution is 0.0787. The summed E-state index contributed by atoms with van der Waals surface area (Å²) in [4.78, 5) is 18.7. The zero-order valence-corrected chi connectivity index (χ0v) is 12.1. The average Bonchev–Trinajstić information content (AvgIpc) is 2.87. The third-order valence-electron chi connectivity index (χ3n) is 3.81. The van der Waals surface area contributed by atoms with Crippen molar-refractivity contribution < 1.29 is 4.79 Å². The first-order chi connectivity index (χ1) is 9.15. The average molecular weight is 261 g/mol. The standard InChI is InChI=1S/C15H23N3O/c1-4-5-12-6-7-18(10-12)15(19)13-9-17-11(2)8-14(13)16-3/h8-9,12H,4-7,10H2,1-3H3,(H,16,17). The SMILES string of the molecule is CCCC1CCN(C(=O)c2cnc(C)cc2NC)C1. The first-order valence-electron chi connectivity index (χ1n) is 7.09. The van der Waals surface area contributed by atoms with Gasteiger partial charge in [0, 0.05) is 32.0 Å². The predicted molar refractivity (Wildman–Crippen MR) is 77.4 cm³/mol. The van der Waals surface area contributed by atoms with Crippen LogP contribution in [-0.4, -0.2) is 35.9 Å². The zero-order valence-electron chi connectivity index (χ0n) is 12.1. The van der Waals surface area contributed by atoms with Crippen LogP contribution in [0.25, 0.3) is 0 Å². The van der Waals surface area contributed by atoms with Crippen LogP contribution in [0.4, 0.5) is 5.69 Å². The number of carbonyl (C=O) groups is 1. The molecule has 1 aliphatic rings. The third-order valence-corrected chi connectivity index (χ3v) is 3.81. The molecule has 1 aromatic rings. The van der Waals surface area contributed by atoms with Gasteiger partial charge in [0.1, 0.15) is 0 Å². The van der Waals surface area contributed by atoms with E-state index in [0.717, 1.165) is 30.9 Å². The van der Waals surface area contributed by atoms with E-state index in [1.165, 1.54) is 12.8 Å². The fraction of sp³-hybridized carbons (Fsp3) is 0.600. The minimum absolute atomic E-state index is 0.107. The molecule has 0 saturated carbocycles. The van der Waals surface area contributed by atoms with Gasteiger partial charge in [0.2, 0.25) is 0 Å². The molecule has 0 aliphatic carbocycles. The fourth-order valence-corrected chi connectivity index (χ4v) is 2.77. The van der Waals surface area contributed by atoms with Crippen LogP contribution in [0.3, 0.4) is 0 Å². The molecule has 0 aromatic carbocycles. The predicted octanol–water partition coefficient (Wildman–Crippen LogP) is 2.69.